The van der Waals surface area contributed by atoms with Crippen LogP contribution in [0.3, 0.4) is 0 Å². The standard InChI is InChI=1S/C24H24N2O4/c1-29-21-13-8-18(14-22(21)30-2)15-23(27)26-20-11-9-19(10-12-20)24(28)25-16-17-6-4-3-5-7-17/h3-14H,15-16H2,1-2H3,(H,25,28)(H,26,27). The van der Waals surface area contributed by atoms with E-state index < -0.39 is 0 Å². The van der Waals surface area contributed by atoms with Gasteiger partial charge in [0.2, 0.25) is 5.91 Å². The first kappa shape index (κ1) is 20.9. The molecule has 2 amide bonds. The third-order valence-electron chi connectivity index (χ3n) is 4.54. The topological polar surface area (TPSA) is 76.7 Å². The first-order valence-corrected chi connectivity index (χ1v) is 9.52. The molecule has 30 heavy (non-hydrogen) atoms. The van der Waals surface area contributed by atoms with Crippen molar-refractivity contribution in [2.45, 2.75) is 13.0 Å². The van der Waals surface area contributed by atoms with Gasteiger partial charge in [-0.2, -0.15) is 0 Å². The number of nitrogens with one attached hydrogen (secondary N) is 2. The van der Waals surface area contributed by atoms with Gasteiger partial charge in [0.15, 0.2) is 11.5 Å². The zero-order valence-corrected chi connectivity index (χ0v) is 17.0. The Bertz CT molecular complexity index is 1000. The van der Waals surface area contributed by atoms with Gasteiger partial charge in [0.25, 0.3) is 5.91 Å². The van der Waals surface area contributed by atoms with Crippen molar-refractivity contribution in [3.63, 3.8) is 0 Å². The van der Waals surface area contributed by atoms with Gasteiger partial charge >= 0.3 is 0 Å². The third-order valence-corrected chi connectivity index (χ3v) is 4.54. The van der Waals surface area contributed by atoms with Gasteiger partial charge in [-0.3, -0.25) is 9.59 Å². The Labute approximate surface area is 175 Å². The highest BCUT2D eigenvalue weighted by Gasteiger charge is 2.10. The van der Waals surface area contributed by atoms with Crippen LogP contribution in [0.5, 0.6) is 11.5 Å². The van der Waals surface area contributed by atoms with Crippen LogP contribution in [0.2, 0.25) is 0 Å². The summed E-state index contributed by atoms with van der Waals surface area (Å²) >= 11 is 0. The molecule has 0 bridgehead atoms. The number of ether oxygens (including phenoxy) is 2. The number of anilines is 1. The molecule has 0 atom stereocenters. The summed E-state index contributed by atoms with van der Waals surface area (Å²) in [5, 5.41) is 5.72. The van der Waals surface area contributed by atoms with Crippen LogP contribution in [-0.2, 0) is 17.8 Å². The van der Waals surface area contributed by atoms with Gasteiger partial charge in [-0.15, -0.1) is 0 Å². The van der Waals surface area contributed by atoms with Crippen molar-refractivity contribution >= 4 is 17.5 Å². The quantitative estimate of drug-likeness (QED) is 0.599. The SMILES string of the molecule is COc1ccc(CC(=O)Nc2ccc(C(=O)NCc3ccccc3)cc2)cc1OC. The Kier molecular flexibility index (Phi) is 7.05. The van der Waals surface area contributed by atoms with Crippen LogP contribution in [0.1, 0.15) is 21.5 Å². The lowest BCUT2D eigenvalue weighted by Crippen LogP contribution is -2.22. The summed E-state index contributed by atoms with van der Waals surface area (Å²) in [4.78, 5) is 24.6. The van der Waals surface area contributed by atoms with E-state index >= 15 is 0 Å². The van der Waals surface area contributed by atoms with Gasteiger partial charge < -0.3 is 20.1 Å². The molecule has 0 heterocycles. The monoisotopic (exact) mass is 404 g/mol. The minimum Gasteiger partial charge on any atom is -0.493 e. The van der Waals surface area contributed by atoms with Crippen molar-refractivity contribution in [2.24, 2.45) is 0 Å². The van der Waals surface area contributed by atoms with Crippen molar-refractivity contribution in [1.82, 2.24) is 5.32 Å². The molecule has 6 nitrogen and oxygen atoms in total. The van der Waals surface area contributed by atoms with Gasteiger partial charge in [0.1, 0.15) is 0 Å². The average molecular weight is 404 g/mol. The van der Waals surface area contributed by atoms with Crippen molar-refractivity contribution in [1.29, 1.82) is 0 Å². The van der Waals surface area contributed by atoms with E-state index in [0.717, 1.165) is 11.1 Å². The van der Waals surface area contributed by atoms with E-state index in [0.29, 0.717) is 29.3 Å². The summed E-state index contributed by atoms with van der Waals surface area (Å²) in [5.74, 6) is 0.863. The van der Waals surface area contributed by atoms with E-state index in [1.54, 1.807) is 50.6 Å². The fourth-order valence-corrected chi connectivity index (χ4v) is 2.97. The number of carbonyl (C=O) groups is 2. The van der Waals surface area contributed by atoms with Crippen LogP contribution in [0.25, 0.3) is 0 Å². The van der Waals surface area contributed by atoms with Gasteiger partial charge in [-0.25, -0.2) is 0 Å². The molecule has 154 valence electrons. The molecular formula is C24H24N2O4. The molecule has 0 aromatic heterocycles. The second-order valence-electron chi connectivity index (χ2n) is 6.66. The Morgan fingerprint density at radius 1 is 0.800 bits per heavy atom. The fourth-order valence-electron chi connectivity index (χ4n) is 2.97. The number of methoxy groups -OCH3 is 2. The highest BCUT2D eigenvalue weighted by atomic mass is 16.5. The normalized spacial score (nSPS) is 10.2. The van der Waals surface area contributed by atoms with Crippen LogP contribution < -0.4 is 20.1 Å². The molecule has 3 aromatic carbocycles. The summed E-state index contributed by atoms with van der Waals surface area (Å²) < 4.78 is 10.5. The van der Waals surface area contributed by atoms with Crippen molar-refractivity contribution < 1.29 is 19.1 Å². The Morgan fingerprint density at radius 2 is 1.50 bits per heavy atom. The summed E-state index contributed by atoms with van der Waals surface area (Å²) in [5.41, 5.74) is 3.00. The molecule has 6 heteroatoms. The van der Waals surface area contributed by atoms with Gasteiger partial charge in [0, 0.05) is 17.8 Å². The fraction of sp³-hybridized carbons (Fsp3) is 0.167. The maximum atomic E-state index is 12.4. The van der Waals surface area contributed by atoms with E-state index in [1.807, 2.05) is 36.4 Å². The minimum atomic E-state index is -0.165. The summed E-state index contributed by atoms with van der Waals surface area (Å²) in [6.45, 7) is 0.462. The van der Waals surface area contributed by atoms with Crippen molar-refractivity contribution in [3.8, 4) is 11.5 Å². The summed E-state index contributed by atoms with van der Waals surface area (Å²) in [7, 11) is 3.12. The Balaban J connectivity index is 1.54. The smallest absolute Gasteiger partial charge is 0.251 e. The zero-order chi connectivity index (χ0) is 21.3. The molecule has 0 saturated carbocycles. The predicted octanol–water partition coefficient (Wildman–Crippen LogP) is 3.82. The molecule has 0 fully saturated rings. The largest absolute Gasteiger partial charge is 0.493 e. The van der Waals surface area contributed by atoms with Crippen LogP contribution >= 0.6 is 0 Å². The molecule has 3 rings (SSSR count). The van der Waals surface area contributed by atoms with Crippen LogP contribution in [0, 0.1) is 0 Å². The van der Waals surface area contributed by atoms with E-state index in [2.05, 4.69) is 10.6 Å². The summed E-state index contributed by atoms with van der Waals surface area (Å²) in [6, 6.07) is 21.9. The molecule has 3 aromatic rings. The van der Waals surface area contributed by atoms with Crippen LogP contribution in [-0.4, -0.2) is 26.0 Å². The Morgan fingerprint density at radius 3 is 2.17 bits per heavy atom. The van der Waals surface area contributed by atoms with Crippen LogP contribution in [0.15, 0.2) is 72.8 Å². The molecule has 0 radical (unpaired) electrons. The molecule has 0 aliphatic rings. The van der Waals surface area contributed by atoms with E-state index in [-0.39, 0.29) is 18.2 Å². The number of benzene rings is 3. The Hall–Kier alpha value is -3.80. The van der Waals surface area contributed by atoms with E-state index in [9.17, 15) is 9.59 Å². The van der Waals surface area contributed by atoms with Crippen LogP contribution in [0.4, 0.5) is 5.69 Å². The van der Waals surface area contributed by atoms with Gasteiger partial charge in [0.05, 0.1) is 20.6 Å². The van der Waals surface area contributed by atoms with E-state index in [4.69, 9.17) is 9.47 Å². The number of hydrogen-bond donors (Lipinski definition) is 2. The lowest BCUT2D eigenvalue weighted by molar-refractivity contribution is -0.115. The van der Waals surface area contributed by atoms with Crippen molar-refractivity contribution in [2.75, 3.05) is 19.5 Å². The highest BCUT2D eigenvalue weighted by molar-refractivity contribution is 5.96. The molecule has 0 aliphatic carbocycles. The number of hydrogen-bond acceptors (Lipinski definition) is 4. The molecule has 2 N–H and O–H groups in total. The van der Waals surface area contributed by atoms with Gasteiger partial charge in [-0.1, -0.05) is 36.4 Å². The van der Waals surface area contributed by atoms with E-state index in [1.165, 1.54) is 0 Å². The van der Waals surface area contributed by atoms with Crippen molar-refractivity contribution in [3.05, 3.63) is 89.5 Å². The average Bonchev–Trinajstić information content (AvgIpc) is 2.78. The molecule has 0 spiro atoms. The first-order valence-electron chi connectivity index (χ1n) is 9.52. The first-order chi connectivity index (χ1) is 14.6. The number of carbonyl (C=O) groups excluding carboxylic acids is 2. The predicted molar refractivity (Wildman–Crippen MR) is 116 cm³/mol. The third kappa shape index (κ3) is 5.61. The number of amides is 2. The molecular weight excluding hydrogens is 380 g/mol. The zero-order valence-electron chi connectivity index (χ0n) is 17.0. The molecule has 0 saturated heterocycles. The second kappa shape index (κ2) is 10.1. The van der Waals surface area contributed by atoms with Gasteiger partial charge in [-0.05, 0) is 47.5 Å². The maximum Gasteiger partial charge on any atom is 0.251 e. The second-order valence-corrected chi connectivity index (χ2v) is 6.66. The maximum absolute atomic E-state index is 12.4. The molecule has 0 aliphatic heterocycles. The lowest BCUT2D eigenvalue weighted by Gasteiger charge is -2.10. The lowest BCUT2D eigenvalue weighted by atomic mass is 10.1. The summed E-state index contributed by atoms with van der Waals surface area (Å²) in [6.07, 6.45) is 0.194. The highest BCUT2D eigenvalue weighted by Crippen LogP contribution is 2.27. The number of rotatable bonds is 8. The molecule has 0 unspecified atom stereocenters. The minimum absolute atomic E-state index is 0.163.